The molecule has 3 unspecified atom stereocenters. The lowest BCUT2D eigenvalue weighted by molar-refractivity contribution is -0.214. The first kappa shape index (κ1) is 27.3. The number of unbranched alkanes of at least 4 members (excludes halogenated alkanes) is 1. The van der Waals surface area contributed by atoms with Crippen molar-refractivity contribution in [1.82, 2.24) is 15.5 Å². The Morgan fingerprint density at radius 1 is 1.13 bits per heavy atom. The largest absolute Gasteiger partial charge is 0.394 e. The number of aliphatic hydroxyl groups is 1. The number of hydrogen-bond acceptors (Lipinski definition) is 7. The summed E-state index contributed by atoms with van der Waals surface area (Å²) in [4.78, 5) is 36.7. The second-order valence-electron chi connectivity index (χ2n) is 7.78. The summed E-state index contributed by atoms with van der Waals surface area (Å²) in [5, 5.41) is 14.9. The molecule has 1 heterocycles. The number of amides is 3. The van der Waals surface area contributed by atoms with Crippen molar-refractivity contribution in [2.75, 3.05) is 47.1 Å². The molecule has 0 aromatic heterocycles. The summed E-state index contributed by atoms with van der Waals surface area (Å²) < 4.78 is 16.3. The minimum Gasteiger partial charge on any atom is -0.394 e. The van der Waals surface area contributed by atoms with Gasteiger partial charge < -0.3 is 34.9 Å². The summed E-state index contributed by atoms with van der Waals surface area (Å²) in [7, 11) is 3.31. The van der Waals surface area contributed by atoms with Crippen LogP contribution in [0, 0.1) is 0 Å². The van der Waals surface area contributed by atoms with Gasteiger partial charge in [-0.2, -0.15) is 0 Å². The third-order valence-electron chi connectivity index (χ3n) is 5.07. The number of nitrogens with one attached hydrogen (secondary N) is 2. The van der Waals surface area contributed by atoms with Gasteiger partial charge in [0.1, 0.15) is 0 Å². The van der Waals surface area contributed by atoms with Gasteiger partial charge >= 0.3 is 0 Å². The Kier molecular flexibility index (Phi) is 14.1. The molecule has 1 rings (SSSR count). The molecule has 0 aliphatic carbocycles. The Balaban J connectivity index is 2.17. The number of rotatable bonds is 15. The first-order valence-corrected chi connectivity index (χ1v) is 11.0. The van der Waals surface area contributed by atoms with Gasteiger partial charge in [0.15, 0.2) is 6.29 Å². The van der Waals surface area contributed by atoms with Crippen LogP contribution in [-0.2, 0) is 28.6 Å². The molecule has 10 heteroatoms. The van der Waals surface area contributed by atoms with Gasteiger partial charge in [-0.1, -0.05) is 0 Å². The van der Waals surface area contributed by atoms with Crippen molar-refractivity contribution < 1.29 is 33.7 Å². The predicted octanol–water partition coefficient (Wildman–Crippen LogP) is 0.177. The van der Waals surface area contributed by atoms with Crippen LogP contribution < -0.4 is 10.6 Å². The van der Waals surface area contributed by atoms with Crippen LogP contribution in [-0.4, -0.2) is 93.2 Å². The SMILES string of the molecule is COCCC(=O)NCCCN(C)C(=O)CCCCOC1OC(CO)CCC1NC(C)=O. The molecule has 0 aromatic carbocycles. The van der Waals surface area contributed by atoms with Crippen LogP contribution in [0.3, 0.4) is 0 Å². The number of nitrogens with zero attached hydrogens (tertiary/aromatic N) is 1. The van der Waals surface area contributed by atoms with Gasteiger partial charge in [-0.25, -0.2) is 0 Å². The van der Waals surface area contributed by atoms with E-state index in [4.69, 9.17) is 14.2 Å². The van der Waals surface area contributed by atoms with Crippen LogP contribution in [0.25, 0.3) is 0 Å². The fourth-order valence-corrected chi connectivity index (χ4v) is 3.27. The van der Waals surface area contributed by atoms with Crippen LogP contribution in [0.1, 0.15) is 51.9 Å². The number of hydrogen-bond donors (Lipinski definition) is 3. The van der Waals surface area contributed by atoms with Crippen molar-refractivity contribution >= 4 is 17.7 Å². The highest BCUT2D eigenvalue weighted by Crippen LogP contribution is 2.21. The van der Waals surface area contributed by atoms with Gasteiger partial charge in [-0.15, -0.1) is 0 Å². The van der Waals surface area contributed by atoms with Crippen LogP contribution in [0.2, 0.25) is 0 Å². The summed E-state index contributed by atoms with van der Waals surface area (Å²) >= 11 is 0. The number of carbonyl (C=O) groups excluding carboxylic acids is 3. The van der Waals surface area contributed by atoms with Gasteiger partial charge in [0.05, 0.1) is 25.4 Å². The second-order valence-corrected chi connectivity index (χ2v) is 7.78. The summed E-state index contributed by atoms with van der Waals surface area (Å²) in [6.07, 6.45) is 3.29. The van der Waals surface area contributed by atoms with E-state index < -0.39 is 6.29 Å². The van der Waals surface area contributed by atoms with Crippen molar-refractivity contribution in [3.8, 4) is 0 Å². The maximum absolute atomic E-state index is 12.2. The third kappa shape index (κ3) is 12.0. The molecule has 0 aromatic rings. The topological polar surface area (TPSA) is 126 Å². The molecule has 10 nitrogen and oxygen atoms in total. The van der Waals surface area contributed by atoms with Crippen molar-refractivity contribution in [1.29, 1.82) is 0 Å². The van der Waals surface area contributed by atoms with Gasteiger partial charge in [0.25, 0.3) is 0 Å². The number of methoxy groups -OCH3 is 1. The number of carbonyl (C=O) groups is 3. The minimum atomic E-state index is -0.590. The van der Waals surface area contributed by atoms with Crippen LogP contribution >= 0.6 is 0 Å². The molecule has 1 saturated heterocycles. The molecule has 3 atom stereocenters. The third-order valence-corrected chi connectivity index (χ3v) is 5.07. The summed E-state index contributed by atoms with van der Waals surface area (Å²) in [5.74, 6) is -0.146. The molecule has 3 amide bonds. The molecule has 1 fully saturated rings. The Morgan fingerprint density at radius 2 is 1.90 bits per heavy atom. The standard InChI is InChI=1S/C21H39N3O7/c1-16(26)23-18-9-8-17(15-25)31-21(18)30-13-5-4-7-20(28)24(2)12-6-11-22-19(27)10-14-29-3/h17-18,21,25H,4-15H2,1-3H3,(H,22,27)(H,23,26). The lowest BCUT2D eigenvalue weighted by atomic mass is 10.0. The van der Waals surface area contributed by atoms with E-state index in [9.17, 15) is 19.5 Å². The van der Waals surface area contributed by atoms with Gasteiger partial charge in [-0.3, -0.25) is 14.4 Å². The minimum absolute atomic E-state index is 0.0519. The van der Waals surface area contributed by atoms with E-state index >= 15 is 0 Å². The smallest absolute Gasteiger partial charge is 0.222 e. The molecule has 0 radical (unpaired) electrons. The van der Waals surface area contributed by atoms with Gasteiger partial charge in [0, 0.05) is 53.6 Å². The lowest BCUT2D eigenvalue weighted by Gasteiger charge is -2.35. The van der Waals surface area contributed by atoms with Crippen molar-refractivity contribution in [2.24, 2.45) is 0 Å². The van der Waals surface area contributed by atoms with Crippen molar-refractivity contribution in [3.63, 3.8) is 0 Å². The van der Waals surface area contributed by atoms with Crippen LogP contribution in [0.4, 0.5) is 0 Å². The van der Waals surface area contributed by atoms with Crippen LogP contribution in [0.15, 0.2) is 0 Å². The maximum atomic E-state index is 12.2. The zero-order valence-electron chi connectivity index (χ0n) is 19.1. The zero-order valence-corrected chi connectivity index (χ0v) is 19.1. The average Bonchev–Trinajstić information content (AvgIpc) is 2.75. The molecule has 1 aliphatic rings. The number of aliphatic hydroxyl groups excluding tert-OH is 1. The molecule has 31 heavy (non-hydrogen) atoms. The molecule has 0 saturated carbocycles. The molecule has 3 N–H and O–H groups in total. The second kappa shape index (κ2) is 16.0. The van der Waals surface area contributed by atoms with E-state index in [0.717, 1.165) is 0 Å². The van der Waals surface area contributed by atoms with Crippen LogP contribution in [0.5, 0.6) is 0 Å². The molecule has 1 aliphatic heterocycles. The van der Waals surface area contributed by atoms with Gasteiger partial charge in [-0.05, 0) is 32.1 Å². The quantitative estimate of drug-likeness (QED) is 0.307. The van der Waals surface area contributed by atoms with Crippen molar-refractivity contribution in [3.05, 3.63) is 0 Å². The molecule has 0 spiro atoms. The first-order chi connectivity index (χ1) is 14.9. The van der Waals surface area contributed by atoms with Gasteiger partial charge in [0.2, 0.25) is 17.7 Å². The Hall–Kier alpha value is -1.75. The highest BCUT2D eigenvalue weighted by molar-refractivity contribution is 5.76. The van der Waals surface area contributed by atoms with E-state index in [2.05, 4.69) is 10.6 Å². The molecule has 180 valence electrons. The lowest BCUT2D eigenvalue weighted by Crippen LogP contribution is -2.50. The molecule has 0 bridgehead atoms. The first-order valence-electron chi connectivity index (χ1n) is 11.0. The van der Waals surface area contributed by atoms with E-state index in [1.54, 1.807) is 19.1 Å². The Labute approximate surface area is 185 Å². The van der Waals surface area contributed by atoms with E-state index in [-0.39, 0.29) is 36.5 Å². The van der Waals surface area contributed by atoms with E-state index in [0.29, 0.717) is 71.2 Å². The Morgan fingerprint density at radius 3 is 2.58 bits per heavy atom. The van der Waals surface area contributed by atoms with Crippen molar-refractivity contribution in [2.45, 2.75) is 70.3 Å². The fourth-order valence-electron chi connectivity index (χ4n) is 3.27. The predicted molar refractivity (Wildman–Crippen MR) is 114 cm³/mol. The molecular formula is C21H39N3O7. The van der Waals surface area contributed by atoms with E-state index in [1.165, 1.54) is 6.92 Å². The summed E-state index contributed by atoms with van der Waals surface area (Å²) in [5.41, 5.74) is 0. The molecular weight excluding hydrogens is 406 g/mol. The highest BCUT2D eigenvalue weighted by atomic mass is 16.7. The highest BCUT2D eigenvalue weighted by Gasteiger charge is 2.32. The normalized spacial score (nSPS) is 20.8. The average molecular weight is 446 g/mol. The Bertz CT molecular complexity index is 547. The fraction of sp³-hybridized carbons (Fsp3) is 0.857. The summed E-state index contributed by atoms with van der Waals surface area (Å²) in [6, 6.07) is -0.233. The maximum Gasteiger partial charge on any atom is 0.222 e. The number of ether oxygens (including phenoxy) is 3. The summed E-state index contributed by atoms with van der Waals surface area (Å²) in [6.45, 7) is 3.29. The zero-order chi connectivity index (χ0) is 23.1. The monoisotopic (exact) mass is 445 g/mol. The van der Waals surface area contributed by atoms with E-state index in [1.807, 2.05) is 0 Å².